The van der Waals surface area contributed by atoms with E-state index in [1.807, 2.05) is 11.3 Å². The molecule has 2 rings (SSSR count). The lowest BCUT2D eigenvalue weighted by Gasteiger charge is -2.42. The zero-order chi connectivity index (χ0) is 14.0. The molecule has 1 heterocycles. The number of rotatable bonds is 4. The molecule has 3 unspecified atom stereocenters. The Morgan fingerprint density at radius 3 is 2.58 bits per heavy atom. The smallest absolute Gasteiger partial charge is 0.113 e. The summed E-state index contributed by atoms with van der Waals surface area (Å²) in [6.07, 6.45) is 4.84. The Labute approximate surface area is 122 Å². The standard InChI is InChI=1S/C16H28N2S/c1-6-14-13(5)19-15(18-14)16(17-7-2)9-8-11(3)12(4)10-16/h11-12,17H,6-10H2,1-5H3. The van der Waals surface area contributed by atoms with Gasteiger partial charge in [0.2, 0.25) is 0 Å². The summed E-state index contributed by atoms with van der Waals surface area (Å²) in [5.41, 5.74) is 1.44. The van der Waals surface area contributed by atoms with Crippen molar-refractivity contribution in [3.63, 3.8) is 0 Å². The van der Waals surface area contributed by atoms with Crippen molar-refractivity contribution in [1.29, 1.82) is 0 Å². The zero-order valence-corrected chi connectivity index (χ0v) is 13.9. The van der Waals surface area contributed by atoms with Crippen LogP contribution in [0.2, 0.25) is 0 Å². The quantitative estimate of drug-likeness (QED) is 0.890. The first-order chi connectivity index (χ1) is 9.02. The number of nitrogens with one attached hydrogen (secondary N) is 1. The third-order valence-electron chi connectivity index (χ3n) is 4.82. The van der Waals surface area contributed by atoms with Gasteiger partial charge in [0.25, 0.3) is 0 Å². The summed E-state index contributed by atoms with van der Waals surface area (Å²) in [5.74, 6) is 1.63. The molecule has 0 spiro atoms. The molecule has 19 heavy (non-hydrogen) atoms. The minimum atomic E-state index is 0.142. The molecule has 1 saturated carbocycles. The molecule has 0 bridgehead atoms. The van der Waals surface area contributed by atoms with Gasteiger partial charge in [-0.3, -0.25) is 0 Å². The maximum Gasteiger partial charge on any atom is 0.113 e. The van der Waals surface area contributed by atoms with Gasteiger partial charge in [-0.2, -0.15) is 0 Å². The summed E-state index contributed by atoms with van der Waals surface area (Å²) >= 11 is 1.91. The number of hydrogen-bond donors (Lipinski definition) is 1. The molecular formula is C16H28N2S. The van der Waals surface area contributed by atoms with Gasteiger partial charge in [-0.15, -0.1) is 11.3 Å². The van der Waals surface area contributed by atoms with Crippen LogP contribution in [-0.4, -0.2) is 11.5 Å². The first-order valence-corrected chi connectivity index (χ1v) is 8.55. The molecular weight excluding hydrogens is 252 g/mol. The number of thiazole rings is 1. The Balaban J connectivity index is 2.33. The van der Waals surface area contributed by atoms with E-state index in [0.717, 1.165) is 24.8 Å². The zero-order valence-electron chi connectivity index (χ0n) is 13.0. The molecule has 0 aromatic carbocycles. The molecule has 2 nitrogen and oxygen atoms in total. The van der Waals surface area contributed by atoms with Crippen molar-refractivity contribution in [2.75, 3.05) is 6.54 Å². The van der Waals surface area contributed by atoms with Gasteiger partial charge < -0.3 is 5.32 Å². The minimum absolute atomic E-state index is 0.142. The van der Waals surface area contributed by atoms with Crippen LogP contribution in [0.5, 0.6) is 0 Å². The Morgan fingerprint density at radius 1 is 1.32 bits per heavy atom. The van der Waals surface area contributed by atoms with Crippen molar-refractivity contribution in [2.24, 2.45) is 11.8 Å². The second-order valence-electron chi connectivity index (χ2n) is 6.19. The van der Waals surface area contributed by atoms with E-state index in [9.17, 15) is 0 Å². The Morgan fingerprint density at radius 2 is 2.05 bits per heavy atom. The van der Waals surface area contributed by atoms with Crippen LogP contribution in [0.25, 0.3) is 0 Å². The van der Waals surface area contributed by atoms with Crippen LogP contribution in [0.4, 0.5) is 0 Å². The molecule has 0 aliphatic heterocycles. The van der Waals surface area contributed by atoms with Gasteiger partial charge in [0, 0.05) is 4.88 Å². The fourth-order valence-corrected chi connectivity index (χ4v) is 4.55. The molecule has 108 valence electrons. The van der Waals surface area contributed by atoms with Gasteiger partial charge in [-0.05, 0) is 51.0 Å². The van der Waals surface area contributed by atoms with E-state index in [-0.39, 0.29) is 5.54 Å². The topological polar surface area (TPSA) is 24.9 Å². The van der Waals surface area contributed by atoms with Crippen molar-refractivity contribution in [3.8, 4) is 0 Å². The van der Waals surface area contributed by atoms with Crippen LogP contribution in [0.15, 0.2) is 0 Å². The first kappa shape index (κ1) is 15.0. The average Bonchev–Trinajstić information content (AvgIpc) is 2.76. The van der Waals surface area contributed by atoms with Crippen LogP contribution in [0.1, 0.15) is 62.5 Å². The summed E-state index contributed by atoms with van der Waals surface area (Å²) < 4.78 is 0. The second kappa shape index (κ2) is 5.92. The SMILES string of the molecule is CCNC1(c2nc(CC)c(C)s2)CCC(C)C(C)C1. The summed E-state index contributed by atoms with van der Waals surface area (Å²) in [6.45, 7) is 12.5. The van der Waals surface area contributed by atoms with E-state index in [2.05, 4.69) is 39.9 Å². The van der Waals surface area contributed by atoms with E-state index in [1.165, 1.54) is 34.8 Å². The van der Waals surface area contributed by atoms with Crippen molar-refractivity contribution >= 4 is 11.3 Å². The lowest BCUT2D eigenvalue weighted by atomic mass is 9.71. The Hall–Kier alpha value is -0.410. The molecule has 0 radical (unpaired) electrons. The number of aryl methyl sites for hydroxylation is 2. The molecule has 3 atom stereocenters. The summed E-state index contributed by atoms with van der Waals surface area (Å²) in [7, 11) is 0. The number of nitrogens with zero attached hydrogens (tertiary/aromatic N) is 1. The predicted molar refractivity (Wildman–Crippen MR) is 83.8 cm³/mol. The van der Waals surface area contributed by atoms with E-state index in [0.29, 0.717) is 0 Å². The van der Waals surface area contributed by atoms with E-state index in [4.69, 9.17) is 4.98 Å². The molecule has 0 saturated heterocycles. The fourth-order valence-electron chi connectivity index (χ4n) is 3.34. The van der Waals surface area contributed by atoms with Crippen LogP contribution in [0, 0.1) is 18.8 Å². The van der Waals surface area contributed by atoms with Gasteiger partial charge in [-0.1, -0.05) is 27.7 Å². The summed E-state index contributed by atoms with van der Waals surface area (Å²) in [4.78, 5) is 6.36. The van der Waals surface area contributed by atoms with Gasteiger partial charge in [0.1, 0.15) is 5.01 Å². The van der Waals surface area contributed by atoms with Gasteiger partial charge in [0.15, 0.2) is 0 Å². The average molecular weight is 280 g/mol. The molecule has 1 aromatic rings. The highest BCUT2D eigenvalue weighted by molar-refractivity contribution is 7.11. The molecule has 1 fully saturated rings. The van der Waals surface area contributed by atoms with Crippen molar-refractivity contribution in [3.05, 3.63) is 15.6 Å². The van der Waals surface area contributed by atoms with Crippen LogP contribution >= 0.6 is 11.3 Å². The van der Waals surface area contributed by atoms with Gasteiger partial charge >= 0.3 is 0 Å². The van der Waals surface area contributed by atoms with E-state index >= 15 is 0 Å². The lowest BCUT2D eigenvalue weighted by molar-refractivity contribution is 0.142. The van der Waals surface area contributed by atoms with Crippen LogP contribution in [0.3, 0.4) is 0 Å². The maximum atomic E-state index is 4.96. The van der Waals surface area contributed by atoms with Crippen LogP contribution < -0.4 is 5.32 Å². The van der Waals surface area contributed by atoms with E-state index < -0.39 is 0 Å². The van der Waals surface area contributed by atoms with Crippen molar-refractivity contribution in [2.45, 2.75) is 65.8 Å². The highest BCUT2D eigenvalue weighted by atomic mass is 32.1. The molecule has 1 aliphatic rings. The second-order valence-corrected chi connectivity index (χ2v) is 7.39. The molecule has 0 amide bonds. The fraction of sp³-hybridized carbons (Fsp3) is 0.812. The predicted octanol–water partition coefficient (Wildman–Crippen LogP) is 4.27. The number of aromatic nitrogens is 1. The molecule has 1 N–H and O–H groups in total. The highest BCUT2D eigenvalue weighted by Crippen LogP contribution is 2.44. The Kier molecular flexibility index (Phi) is 4.67. The van der Waals surface area contributed by atoms with Crippen LogP contribution in [-0.2, 0) is 12.0 Å². The molecule has 1 aromatic heterocycles. The highest BCUT2D eigenvalue weighted by Gasteiger charge is 2.40. The van der Waals surface area contributed by atoms with Crippen molar-refractivity contribution < 1.29 is 0 Å². The Bertz CT molecular complexity index is 426. The summed E-state index contributed by atoms with van der Waals surface area (Å²) in [6, 6.07) is 0. The largest absolute Gasteiger partial charge is 0.306 e. The third kappa shape index (κ3) is 2.87. The monoisotopic (exact) mass is 280 g/mol. The minimum Gasteiger partial charge on any atom is -0.306 e. The van der Waals surface area contributed by atoms with Gasteiger partial charge in [0.05, 0.1) is 11.2 Å². The van der Waals surface area contributed by atoms with Crippen molar-refractivity contribution in [1.82, 2.24) is 10.3 Å². The normalized spacial score (nSPS) is 31.6. The summed E-state index contributed by atoms with van der Waals surface area (Å²) in [5, 5.41) is 5.11. The third-order valence-corrected chi connectivity index (χ3v) is 6.04. The molecule has 1 aliphatic carbocycles. The maximum absolute atomic E-state index is 4.96. The number of hydrogen-bond acceptors (Lipinski definition) is 3. The molecule has 3 heteroatoms. The first-order valence-electron chi connectivity index (χ1n) is 7.74. The lowest BCUT2D eigenvalue weighted by Crippen LogP contribution is -2.47. The van der Waals surface area contributed by atoms with E-state index in [1.54, 1.807) is 0 Å². The van der Waals surface area contributed by atoms with Gasteiger partial charge in [-0.25, -0.2) is 4.98 Å².